The molecule has 86 valence electrons. The minimum atomic E-state index is 0.550. The predicted molar refractivity (Wildman–Crippen MR) is 73.4 cm³/mol. The number of rotatable bonds is 3. The fourth-order valence-corrected chi connectivity index (χ4v) is 1.63. The standard InChI is InChI=1S/C15H16N2/c1-2-12-3-5-13(6-4-12)7-8-14-9-10-17-15(16)11-14/h3-11H,2H2,1H3,(H2,16,17)/b8-7+. The van der Waals surface area contributed by atoms with E-state index in [0.29, 0.717) is 5.82 Å². The van der Waals surface area contributed by atoms with Crippen LogP contribution in [0.4, 0.5) is 5.82 Å². The molecule has 0 saturated heterocycles. The molecule has 2 rings (SSSR count). The van der Waals surface area contributed by atoms with Gasteiger partial charge in [0.05, 0.1) is 0 Å². The van der Waals surface area contributed by atoms with Gasteiger partial charge >= 0.3 is 0 Å². The van der Waals surface area contributed by atoms with Crippen LogP contribution in [-0.4, -0.2) is 4.98 Å². The van der Waals surface area contributed by atoms with Gasteiger partial charge in [0.25, 0.3) is 0 Å². The minimum absolute atomic E-state index is 0.550. The van der Waals surface area contributed by atoms with Gasteiger partial charge < -0.3 is 5.73 Å². The summed E-state index contributed by atoms with van der Waals surface area (Å²) < 4.78 is 0. The number of benzene rings is 1. The number of hydrogen-bond donors (Lipinski definition) is 1. The van der Waals surface area contributed by atoms with E-state index >= 15 is 0 Å². The number of hydrogen-bond acceptors (Lipinski definition) is 2. The lowest BCUT2D eigenvalue weighted by Gasteiger charge is -1.98. The van der Waals surface area contributed by atoms with Crippen molar-refractivity contribution in [2.75, 3.05) is 5.73 Å². The van der Waals surface area contributed by atoms with E-state index in [0.717, 1.165) is 12.0 Å². The average molecular weight is 224 g/mol. The number of pyridine rings is 1. The van der Waals surface area contributed by atoms with E-state index in [4.69, 9.17) is 5.73 Å². The average Bonchev–Trinajstić information content (AvgIpc) is 2.37. The van der Waals surface area contributed by atoms with Crippen LogP contribution in [0.25, 0.3) is 12.2 Å². The van der Waals surface area contributed by atoms with Crippen LogP contribution in [-0.2, 0) is 6.42 Å². The highest BCUT2D eigenvalue weighted by Gasteiger charge is 1.91. The lowest BCUT2D eigenvalue weighted by molar-refractivity contribution is 1.14. The molecule has 0 atom stereocenters. The monoisotopic (exact) mass is 224 g/mol. The molecule has 0 bridgehead atoms. The quantitative estimate of drug-likeness (QED) is 0.867. The molecule has 0 aliphatic carbocycles. The molecule has 1 aromatic heterocycles. The molecule has 0 aliphatic heterocycles. The van der Waals surface area contributed by atoms with E-state index in [1.54, 1.807) is 6.20 Å². The third kappa shape index (κ3) is 3.18. The van der Waals surface area contributed by atoms with E-state index in [1.807, 2.05) is 18.2 Å². The van der Waals surface area contributed by atoms with Crippen LogP contribution >= 0.6 is 0 Å². The second-order valence-corrected chi connectivity index (χ2v) is 3.94. The Kier molecular flexibility index (Phi) is 3.55. The zero-order chi connectivity index (χ0) is 12.1. The van der Waals surface area contributed by atoms with Crippen molar-refractivity contribution in [1.29, 1.82) is 0 Å². The zero-order valence-corrected chi connectivity index (χ0v) is 9.93. The SMILES string of the molecule is CCc1ccc(/C=C/c2ccnc(N)c2)cc1. The van der Waals surface area contributed by atoms with Crippen molar-refractivity contribution in [3.63, 3.8) is 0 Å². The third-order valence-electron chi connectivity index (χ3n) is 2.66. The Bertz CT molecular complexity index is 513. The largest absolute Gasteiger partial charge is 0.384 e. The van der Waals surface area contributed by atoms with Crippen molar-refractivity contribution < 1.29 is 0 Å². The number of nitrogen functional groups attached to an aromatic ring is 1. The highest BCUT2D eigenvalue weighted by molar-refractivity contribution is 5.70. The number of aromatic nitrogens is 1. The first-order valence-corrected chi connectivity index (χ1v) is 5.76. The number of nitrogens with zero attached hydrogens (tertiary/aromatic N) is 1. The van der Waals surface area contributed by atoms with Gasteiger partial charge in [0.1, 0.15) is 5.82 Å². The van der Waals surface area contributed by atoms with Gasteiger partial charge in [-0.3, -0.25) is 0 Å². The summed E-state index contributed by atoms with van der Waals surface area (Å²) in [5.74, 6) is 0.550. The Balaban J connectivity index is 2.14. The van der Waals surface area contributed by atoms with E-state index in [1.165, 1.54) is 11.1 Å². The van der Waals surface area contributed by atoms with Crippen molar-refractivity contribution in [1.82, 2.24) is 4.98 Å². The molecule has 0 radical (unpaired) electrons. The molecule has 0 amide bonds. The first-order chi connectivity index (χ1) is 8.28. The van der Waals surface area contributed by atoms with Gasteiger partial charge in [-0.25, -0.2) is 4.98 Å². The van der Waals surface area contributed by atoms with Crippen molar-refractivity contribution in [3.05, 3.63) is 59.3 Å². The molecule has 0 fully saturated rings. The fourth-order valence-electron chi connectivity index (χ4n) is 1.63. The summed E-state index contributed by atoms with van der Waals surface area (Å²) in [7, 11) is 0. The molecule has 2 aromatic rings. The lowest BCUT2D eigenvalue weighted by atomic mass is 10.1. The molecule has 0 unspecified atom stereocenters. The van der Waals surface area contributed by atoms with Crippen molar-refractivity contribution in [3.8, 4) is 0 Å². The van der Waals surface area contributed by atoms with Crippen LogP contribution < -0.4 is 5.73 Å². The van der Waals surface area contributed by atoms with Gasteiger partial charge in [-0.15, -0.1) is 0 Å². The fraction of sp³-hybridized carbons (Fsp3) is 0.133. The maximum absolute atomic E-state index is 5.62. The predicted octanol–water partition coefficient (Wildman–Crippen LogP) is 3.40. The van der Waals surface area contributed by atoms with Gasteiger partial charge in [0.2, 0.25) is 0 Å². The van der Waals surface area contributed by atoms with Crippen LogP contribution in [0.15, 0.2) is 42.6 Å². The summed E-state index contributed by atoms with van der Waals surface area (Å²) in [6.07, 6.45) is 6.91. The van der Waals surface area contributed by atoms with Gasteiger partial charge in [0, 0.05) is 6.20 Å². The van der Waals surface area contributed by atoms with Crippen LogP contribution in [0.3, 0.4) is 0 Å². The molecule has 2 N–H and O–H groups in total. The Hall–Kier alpha value is -2.09. The highest BCUT2D eigenvalue weighted by Crippen LogP contribution is 2.11. The summed E-state index contributed by atoms with van der Waals surface area (Å²) in [4.78, 5) is 3.96. The summed E-state index contributed by atoms with van der Waals surface area (Å²) >= 11 is 0. The normalized spacial score (nSPS) is 10.9. The van der Waals surface area contributed by atoms with Crippen LogP contribution in [0.5, 0.6) is 0 Å². The molecule has 2 heteroatoms. The first-order valence-electron chi connectivity index (χ1n) is 5.76. The Labute approximate surface area is 102 Å². The topological polar surface area (TPSA) is 38.9 Å². The van der Waals surface area contributed by atoms with E-state index in [-0.39, 0.29) is 0 Å². The molecule has 1 aromatic carbocycles. The van der Waals surface area contributed by atoms with Gasteiger partial charge in [-0.1, -0.05) is 43.3 Å². The number of nitrogens with two attached hydrogens (primary N) is 1. The molecule has 2 nitrogen and oxygen atoms in total. The Morgan fingerprint density at radius 2 is 1.76 bits per heavy atom. The second kappa shape index (κ2) is 5.30. The van der Waals surface area contributed by atoms with Crippen molar-refractivity contribution in [2.45, 2.75) is 13.3 Å². The maximum Gasteiger partial charge on any atom is 0.123 e. The molecular formula is C15H16N2. The van der Waals surface area contributed by atoms with Crippen molar-refractivity contribution in [2.24, 2.45) is 0 Å². The molecule has 0 saturated carbocycles. The highest BCUT2D eigenvalue weighted by atomic mass is 14.8. The van der Waals surface area contributed by atoms with Crippen molar-refractivity contribution >= 4 is 18.0 Å². The van der Waals surface area contributed by atoms with E-state index in [2.05, 4.69) is 42.2 Å². The summed E-state index contributed by atoms with van der Waals surface area (Å²) in [6, 6.07) is 12.4. The summed E-state index contributed by atoms with van der Waals surface area (Å²) in [6.45, 7) is 2.16. The Morgan fingerprint density at radius 1 is 1.06 bits per heavy atom. The van der Waals surface area contributed by atoms with Crippen LogP contribution in [0.2, 0.25) is 0 Å². The molecule has 17 heavy (non-hydrogen) atoms. The second-order valence-electron chi connectivity index (χ2n) is 3.94. The molecular weight excluding hydrogens is 208 g/mol. The van der Waals surface area contributed by atoms with Gasteiger partial charge in [-0.2, -0.15) is 0 Å². The number of anilines is 1. The molecule has 1 heterocycles. The summed E-state index contributed by atoms with van der Waals surface area (Å²) in [5, 5.41) is 0. The maximum atomic E-state index is 5.62. The van der Waals surface area contributed by atoms with Crippen LogP contribution in [0.1, 0.15) is 23.6 Å². The third-order valence-corrected chi connectivity index (χ3v) is 2.66. The minimum Gasteiger partial charge on any atom is -0.384 e. The number of aryl methyl sites for hydroxylation is 1. The molecule has 0 spiro atoms. The van der Waals surface area contributed by atoms with Gasteiger partial charge in [0.15, 0.2) is 0 Å². The first kappa shape index (κ1) is 11.4. The van der Waals surface area contributed by atoms with E-state index in [9.17, 15) is 0 Å². The Morgan fingerprint density at radius 3 is 2.41 bits per heavy atom. The smallest absolute Gasteiger partial charge is 0.123 e. The van der Waals surface area contributed by atoms with Crippen LogP contribution in [0, 0.1) is 0 Å². The summed E-state index contributed by atoms with van der Waals surface area (Å²) in [5.41, 5.74) is 9.24. The van der Waals surface area contributed by atoms with Gasteiger partial charge in [-0.05, 0) is 35.2 Å². The lowest BCUT2D eigenvalue weighted by Crippen LogP contribution is -1.88. The zero-order valence-electron chi connectivity index (χ0n) is 9.93. The van der Waals surface area contributed by atoms with E-state index < -0.39 is 0 Å². The molecule has 0 aliphatic rings.